The van der Waals surface area contributed by atoms with Crippen molar-refractivity contribution in [3.8, 4) is 0 Å². The third-order valence-electron chi connectivity index (χ3n) is 3.55. The van der Waals surface area contributed by atoms with E-state index in [1.54, 1.807) is 12.1 Å². The molecule has 5 heteroatoms. The van der Waals surface area contributed by atoms with Crippen molar-refractivity contribution in [2.24, 2.45) is 5.84 Å². The molecule has 0 aliphatic carbocycles. The fourth-order valence-electron chi connectivity index (χ4n) is 2.12. The molecule has 1 atom stereocenters. The van der Waals surface area contributed by atoms with Gasteiger partial charge in [0.05, 0.1) is 0 Å². The predicted molar refractivity (Wildman–Crippen MR) is 72.2 cm³/mol. The molecule has 18 heavy (non-hydrogen) atoms. The lowest BCUT2D eigenvalue weighted by Crippen LogP contribution is -2.52. The third kappa shape index (κ3) is 2.63. The summed E-state index contributed by atoms with van der Waals surface area (Å²) in [5.74, 6) is 5.40. The van der Waals surface area contributed by atoms with E-state index in [-0.39, 0.29) is 5.91 Å². The van der Waals surface area contributed by atoms with Crippen molar-refractivity contribution in [1.29, 1.82) is 0 Å². The number of carbonyl (C=O) groups is 1. The molecule has 3 N–H and O–H groups in total. The van der Waals surface area contributed by atoms with Gasteiger partial charge in [-0.15, -0.1) is 0 Å². The number of nitrogens with one attached hydrogen (secondary N) is 1. The zero-order valence-corrected chi connectivity index (χ0v) is 10.9. The number of rotatable bonds is 2. The Kier molecular flexibility index (Phi) is 3.84. The lowest BCUT2D eigenvalue weighted by atomic mass is 10.1. The average Bonchev–Trinajstić information content (AvgIpc) is 2.41. The van der Waals surface area contributed by atoms with Crippen LogP contribution >= 0.6 is 0 Å². The van der Waals surface area contributed by atoms with Gasteiger partial charge in [-0.05, 0) is 38.2 Å². The van der Waals surface area contributed by atoms with Gasteiger partial charge in [-0.2, -0.15) is 0 Å². The molecule has 1 unspecified atom stereocenters. The van der Waals surface area contributed by atoms with E-state index in [4.69, 9.17) is 5.84 Å². The van der Waals surface area contributed by atoms with E-state index < -0.39 is 0 Å². The van der Waals surface area contributed by atoms with Crippen molar-refractivity contribution in [2.75, 3.05) is 32.1 Å². The molecule has 0 saturated carbocycles. The Labute approximate surface area is 108 Å². The minimum absolute atomic E-state index is 0.0959. The van der Waals surface area contributed by atoms with Gasteiger partial charge in [0.2, 0.25) is 0 Å². The Morgan fingerprint density at radius 1 is 1.33 bits per heavy atom. The van der Waals surface area contributed by atoms with E-state index in [1.165, 1.54) is 0 Å². The number of nitrogen functional groups attached to an aromatic ring is 1. The maximum atomic E-state index is 12.3. The minimum atomic E-state index is 0.0959. The first-order chi connectivity index (χ1) is 8.61. The first-order valence-corrected chi connectivity index (χ1v) is 6.18. The normalized spacial score (nSPS) is 20.8. The lowest BCUT2D eigenvalue weighted by molar-refractivity contribution is 0.0572. The van der Waals surface area contributed by atoms with Crippen LogP contribution in [0.3, 0.4) is 0 Å². The fourth-order valence-corrected chi connectivity index (χ4v) is 2.12. The summed E-state index contributed by atoms with van der Waals surface area (Å²) in [4.78, 5) is 16.5. The maximum Gasteiger partial charge on any atom is 0.253 e. The van der Waals surface area contributed by atoms with E-state index in [2.05, 4.69) is 24.3 Å². The van der Waals surface area contributed by atoms with Gasteiger partial charge >= 0.3 is 0 Å². The first-order valence-electron chi connectivity index (χ1n) is 6.18. The topological polar surface area (TPSA) is 61.6 Å². The number of piperazine rings is 1. The van der Waals surface area contributed by atoms with Gasteiger partial charge < -0.3 is 15.2 Å². The van der Waals surface area contributed by atoms with Crippen molar-refractivity contribution in [2.45, 2.75) is 13.0 Å². The molecule has 98 valence electrons. The second kappa shape index (κ2) is 5.37. The van der Waals surface area contributed by atoms with Crippen LogP contribution in [-0.2, 0) is 0 Å². The molecule has 1 aromatic rings. The Morgan fingerprint density at radius 3 is 2.56 bits per heavy atom. The summed E-state index contributed by atoms with van der Waals surface area (Å²) in [7, 11) is 2.09. The molecule has 0 spiro atoms. The molecule has 1 amide bonds. The summed E-state index contributed by atoms with van der Waals surface area (Å²) < 4.78 is 0. The molecule has 0 aromatic heterocycles. The average molecular weight is 248 g/mol. The van der Waals surface area contributed by atoms with Gasteiger partial charge in [-0.1, -0.05) is 0 Å². The fraction of sp³-hybridized carbons (Fsp3) is 0.462. The van der Waals surface area contributed by atoms with Crippen molar-refractivity contribution in [3.63, 3.8) is 0 Å². The van der Waals surface area contributed by atoms with E-state index in [9.17, 15) is 4.79 Å². The van der Waals surface area contributed by atoms with Gasteiger partial charge in [0.25, 0.3) is 5.91 Å². The van der Waals surface area contributed by atoms with Gasteiger partial charge in [0.1, 0.15) is 0 Å². The Balaban J connectivity index is 2.06. The van der Waals surface area contributed by atoms with Crippen LogP contribution in [0.5, 0.6) is 0 Å². The number of benzene rings is 1. The summed E-state index contributed by atoms with van der Waals surface area (Å²) in [5.41, 5.74) is 4.07. The zero-order chi connectivity index (χ0) is 13.1. The van der Waals surface area contributed by atoms with Gasteiger partial charge in [-0.25, -0.2) is 0 Å². The highest BCUT2D eigenvalue weighted by Gasteiger charge is 2.24. The Morgan fingerprint density at radius 2 is 2.00 bits per heavy atom. The highest BCUT2D eigenvalue weighted by atomic mass is 16.2. The number of hydrogen-bond donors (Lipinski definition) is 2. The summed E-state index contributed by atoms with van der Waals surface area (Å²) in [6, 6.07) is 7.65. The van der Waals surface area contributed by atoms with Crippen LogP contribution in [0, 0.1) is 0 Å². The number of likely N-dealkylation sites (N-methyl/N-ethyl adjacent to an activating group) is 1. The molecule has 1 aromatic carbocycles. The van der Waals surface area contributed by atoms with E-state index >= 15 is 0 Å². The lowest BCUT2D eigenvalue weighted by Gasteiger charge is -2.37. The third-order valence-corrected chi connectivity index (χ3v) is 3.55. The van der Waals surface area contributed by atoms with Crippen molar-refractivity contribution in [1.82, 2.24) is 9.80 Å². The number of nitrogens with zero attached hydrogens (tertiary/aromatic N) is 2. The van der Waals surface area contributed by atoms with Gasteiger partial charge in [-0.3, -0.25) is 10.6 Å². The number of hydrogen-bond acceptors (Lipinski definition) is 4. The Bertz CT molecular complexity index is 418. The summed E-state index contributed by atoms with van der Waals surface area (Å²) >= 11 is 0. The number of hydrazine groups is 1. The molecule has 1 aliphatic heterocycles. The number of nitrogens with two attached hydrogens (primary N) is 1. The smallest absolute Gasteiger partial charge is 0.253 e. The SMILES string of the molecule is CC1CN(C(=O)c2ccc(NN)cc2)CCN1C. The first kappa shape index (κ1) is 12.9. The Hall–Kier alpha value is -1.59. The quantitative estimate of drug-likeness (QED) is 0.599. The van der Waals surface area contributed by atoms with Crippen LogP contribution in [0.1, 0.15) is 17.3 Å². The molecule has 0 bridgehead atoms. The number of carbonyl (C=O) groups excluding carboxylic acids is 1. The van der Waals surface area contributed by atoms with Crippen LogP contribution in [0.2, 0.25) is 0 Å². The predicted octanol–water partition coefficient (Wildman–Crippen LogP) is 0.748. The summed E-state index contributed by atoms with van der Waals surface area (Å²) in [6.07, 6.45) is 0. The maximum absolute atomic E-state index is 12.3. The van der Waals surface area contributed by atoms with Crippen LogP contribution in [0.4, 0.5) is 5.69 Å². The molecular weight excluding hydrogens is 228 g/mol. The molecule has 1 fully saturated rings. The van der Waals surface area contributed by atoms with E-state index in [0.717, 1.165) is 25.3 Å². The molecule has 2 rings (SSSR count). The molecule has 1 heterocycles. The van der Waals surface area contributed by atoms with Gasteiger partial charge in [0, 0.05) is 36.9 Å². The highest BCUT2D eigenvalue weighted by Crippen LogP contribution is 2.14. The largest absolute Gasteiger partial charge is 0.336 e. The second-order valence-electron chi connectivity index (χ2n) is 4.80. The molecule has 5 nitrogen and oxygen atoms in total. The molecular formula is C13H20N4O. The highest BCUT2D eigenvalue weighted by molar-refractivity contribution is 5.94. The van der Waals surface area contributed by atoms with Crippen LogP contribution in [0.15, 0.2) is 24.3 Å². The number of anilines is 1. The molecule has 1 aliphatic rings. The van der Waals surface area contributed by atoms with Gasteiger partial charge in [0.15, 0.2) is 0 Å². The van der Waals surface area contributed by atoms with Crippen LogP contribution in [0.25, 0.3) is 0 Å². The number of amides is 1. The summed E-state index contributed by atoms with van der Waals surface area (Å²) in [5, 5.41) is 0. The van der Waals surface area contributed by atoms with Crippen LogP contribution < -0.4 is 11.3 Å². The zero-order valence-electron chi connectivity index (χ0n) is 10.9. The van der Waals surface area contributed by atoms with Crippen LogP contribution in [-0.4, -0.2) is 48.4 Å². The summed E-state index contributed by atoms with van der Waals surface area (Å²) in [6.45, 7) is 4.64. The van der Waals surface area contributed by atoms with Crippen molar-refractivity contribution >= 4 is 11.6 Å². The van der Waals surface area contributed by atoms with Crippen molar-refractivity contribution < 1.29 is 4.79 Å². The van der Waals surface area contributed by atoms with E-state index in [1.807, 2.05) is 17.0 Å². The van der Waals surface area contributed by atoms with E-state index in [0.29, 0.717) is 11.6 Å². The molecule has 1 saturated heterocycles. The molecule has 0 radical (unpaired) electrons. The minimum Gasteiger partial charge on any atom is -0.336 e. The van der Waals surface area contributed by atoms with Crippen molar-refractivity contribution in [3.05, 3.63) is 29.8 Å². The standard InChI is InChI=1S/C13H20N4O/c1-10-9-17(8-7-16(10)2)13(18)11-3-5-12(15-14)6-4-11/h3-6,10,15H,7-9,14H2,1-2H3. The second-order valence-corrected chi connectivity index (χ2v) is 4.80. The monoisotopic (exact) mass is 248 g/mol.